The van der Waals surface area contributed by atoms with Crippen molar-refractivity contribution in [2.45, 2.75) is 25.7 Å². The number of aryl methyl sites for hydroxylation is 1. The van der Waals surface area contributed by atoms with E-state index in [1.54, 1.807) is 11.3 Å². The fraction of sp³-hybridized carbons (Fsp3) is 0.600. The van der Waals surface area contributed by atoms with Gasteiger partial charge in [0.15, 0.2) is 0 Å². The van der Waals surface area contributed by atoms with Crippen LogP contribution in [0.15, 0.2) is 6.07 Å². The topological polar surface area (TPSA) is 32.3 Å². The van der Waals surface area contributed by atoms with Crippen LogP contribution >= 0.6 is 11.3 Å². The lowest BCUT2D eigenvalue weighted by molar-refractivity contribution is 0.431. The van der Waals surface area contributed by atoms with Gasteiger partial charge in [0.1, 0.15) is 5.75 Å². The number of hydrogen-bond donors (Lipinski definition) is 2. The van der Waals surface area contributed by atoms with Crippen LogP contribution in [0.2, 0.25) is 0 Å². The molecule has 13 heavy (non-hydrogen) atoms. The van der Waals surface area contributed by atoms with Crippen molar-refractivity contribution in [3.05, 3.63) is 15.8 Å². The molecule has 2 N–H and O–H groups in total. The molecule has 1 aromatic rings. The molecule has 0 bridgehead atoms. The summed E-state index contributed by atoms with van der Waals surface area (Å²) in [6.45, 7) is 4.22. The molecule has 2 rings (SSSR count). The van der Waals surface area contributed by atoms with Crippen LogP contribution in [0.4, 0.5) is 0 Å². The van der Waals surface area contributed by atoms with Crippen LogP contribution in [0.3, 0.4) is 0 Å². The van der Waals surface area contributed by atoms with Crippen molar-refractivity contribution < 1.29 is 5.11 Å². The minimum Gasteiger partial charge on any atom is -0.507 e. The third-order valence-electron chi connectivity index (χ3n) is 2.57. The summed E-state index contributed by atoms with van der Waals surface area (Å²) in [5.74, 6) is 1.09. The van der Waals surface area contributed by atoms with Gasteiger partial charge in [0.05, 0.1) is 0 Å². The van der Waals surface area contributed by atoms with Gasteiger partial charge >= 0.3 is 0 Å². The van der Waals surface area contributed by atoms with Crippen LogP contribution in [0.25, 0.3) is 0 Å². The second-order valence-electron chi connectivity index (χ2n) is 3.63. The van der Waals surface area contributed by atoms with Gasteiger partial charge < -0.3 is 10.4 Å². The zero-order valence-electron chi connectivity index (χ0n) is 7.84. The predicted molar refractivity (Wildman–Crippen MR) is 55.6 cm³/mol. The summed E-state index contributed by atoms with van der Waals surface area (Å²) in [5, 5.41) is 13.0. The quantitative estimate of drug-likeness (QED) is 0.723. The van der Waals surface area contributed by atoms with E-state index in [-0.39, 0.29) is 0 Å². The normalized spacial score (nSPS) is 19.2. The van der Waals surface area contributed by atoms with E-state index in [0.717, 1.165) is 25.9 Å². The van der Waals surface area contributed by atoms with Crippen molar-refractivity contribution in [1.29, 1.82) is 0 Å². The molecule has 72 valence electrons. The number of hydrogen-bond acceptors (Lipinski definition) is 3. The van der Waals surface area contributed by atoms with E-state index in [4.69, 9.17) is 0 Å². The number of nitrogens with one attached hydrogen (secondary N) is 1. The van der Waals surface area contributed by atoms with Crippen LogP contribution in [-0.2, 0) is 0 Å². The van der Waals surface area contributed by atoms with E-state index < -0.39 is 0 Å². The summed E-state index contributed by atoms with van der Waals surface area (Å²) in [7, 11) is 0. The van der Waals surface area contributed by atoms with Crippen molar-refractivity contribution >= 4 is 11.3 Å². The van der Waals surface area contributed by atoms with E-state index in [9.17, 15) is 5.11 Å². The van der Waals surface area contributed by atoms with E-state index in [1.807, 2.05) is 6.07 Å². The minimum absolute atomic E-state index is 0.509. The highest BCUT2D eigenvalue weighted by Crippen LogP contribution is 2.38. The SMILES string of the molecule is Cc1cc(O)c(C2CCNCC2)s1. The summed E-state index contributed by atoms with van der Waals surface area (Å²) >= 11 is 1.74. The van der Waals surface area contributed by atoms with Crippen molar-refractivity contribution in [2.24, 2.45) is 0 Å². The third-order valence-corrected chi connectivity index (χ3v) is 3.78. The smallest absolute Gasteiger partial charge is 0.130 e. The highest BCUT2D eigenvalue weighted by atomic mass is 32.1. The number of thiophene rings is 1. The Hall–Kier alpha value is -0.540. The molecule has 1 aromatic heterocycles. The second-order valence-corrected chi connectivity index (χ2v) is 4.92. The molecule has 3 heteroatoms. The standard InChI is InChI=1S/C10H15NOS/c1-7-6-9(12)10(13-7)8-2-4-11-5-3-8/h6,8,11-12H,2-5H2,1H3. The predicted octanol–water partition coefficient (Wildman–Crippen LogP) is 2.23. The Labute approximate surface area is 82.6 Å². The zero-order valence-corrected chi connectivity index (χ0v) is 8.66. The molecule has 0 radical (unpaired) electrons. The fourth-order valence-electron chi connectivity index (χ4n) is 1.90. The highest BCUT2D eigenvalue weighted by Gasteiger charge is 2.19. The summed E-state index contributed by atoms with van der Waals surface area (Å²) in [6, 6.07) is 1.88. The first-order chi connectivity index (χ1) is 6.27. The van der Waals surface area contributed by atoms with Crippen LogP contribution in [0.1, 0.15) is 28.5 Å². The molecule has 1 aliphatic heterocycles. The Morgan fingerprint density at radius 1 is 1.46 bits per heavy atom. The number of rotatable bonds is 1. The average Bonchev–Trinajstić information content (AvgIpc) is 2.47. The molecule has 0 aliphatic carbocycles. The largest absolute Gasteiger partial charge is 0.507 e. The molecule has 0 spiro atoms. The van der Waals surface area contributed by atoms with Gasteiger partial charge in [0.25, 0.3) is 0 Å². The van der Waals surface area contributed by atoms with E-state index >= 15 is 0 Å². The average molecular weight is 197 g/mol. The Bertz CT molecular complexity index is 289. The molecule has 0 saturated carbocycles. The van der Waals surface area contributed by atoms with Gasteiger partial charge in [-0.2, -0.15) is 0 Å². The molecule has 2 nitrogen and oxygen atoms in total. The van der Waals surface area contributed by atoms with E-state index in [2.05, 4.69) is 12.2 Å². The molecular formula is C10H15NOS. The molecule has 0 atom stereocenters. The summed E-state index contributed by atoms with van der Waals surface area (Å²) in [5.41, 5.74) is 0. The van der Waals surface area contributed by atoms with Crippen molar-refractivity contribution in [3.8, 4) is 5.75 Å². The summed E-state index contributed by atoms with van der Waals surface area (Å²) in [4.78, 5) is 2.41. The Kier molecular flexibility index (Phi) is 2.56. The third kappa shape index (κ3) is 1.86. The number of piperidine rings is 1. The maximum Gasteiger partial charge on any atom is 0.130 e. The molecule has 0 unspecified atom stereocenters. The molecular weight excluding hydrogens is 182 g/mol. The van der Waals surface area contributed by atoms with Crippen LogP contribution in [-0.4, -0.2) is 18.2 Å². The Morgan fingerprint density at radius 2 is 2.15 bits per heavy atom. The Balaban J connectivity index is 2.18. The molecule has 0 aromatic carbocycles. The van der Waals surface area contributed by atoms with E-state index in [0.29, 0.717) is 11.7 Å². The fourth-order valence-corrected chi connectivity index (χ4v) is 2.98. The van der Waals surface area contributed by atoms with Crippen LogP contribution in [0, 0.1) is 6.92 Å². The highest BCUT2D eigenvalue weighted by molar-refractivity contribution is 7.12. The molecule has 0 amide bonds. The molecule has 1 fully saturated rings. The van der Waals surface area contributed by atoms with Crippen LogP contribution < -0.4 is 5.32 Å². The zero-order chi connectivity index (χ0) is 9.26. The van der Waals surface area contributed by atoms with E-state index in [1.165, 1.54) is 9.75 Å². The maximum absolute atomic E-state index is 9.67. The first kappa shape index (κ1) is 9.03. The minimum atomic E-state index is 0.509. The monoisotopic (exact) mass is 197 g/mol. The first-order valence-corrected chi connectivity index (χ1v) is 5.59. The van der Waals surface area contributed by atoms with Gasteiger partial charge in [-0.15, -0.1) is 11.3 Å². The number of aromatic hydroxyl groups is 1. The van der Waals surface area contributed by atoms with Crippen molar-refractivity contribution in [2.75, 3.05) is 13.1 Å². The lowest BCUT2D eigenvalue weighted by Gasteiger charge is -2.21. The summed E-state index contributed by atoms with van der Waals surface area (Å²) in [6.07, 6.45) is 2.32. The van der Waals surface area contributed by atoms with Gasteiger partial charge in [0, 0.05) is 9.75 Å². The first-order valence-electron chi connectivity index (χ1n) is 4.77. The maximum atomic E-state index is 9.67. The molecule has 1 saturated heterocycles. The van der Waals surface area contributed by atoms with Gasteiger partial charge in [-0.1, -0.05) is 0 Å². The molecule has 2 heterocycles. The van der Waals surface area contributed by atoms with Gasteiger partial charge in [-0.05, 0) is 44.8 Å². The van der Waals surface area contributed by atoms with Gasteiger partial charge in [-0.3, -0.25) is 0 Å². The molecule has 1 aliphatic rings. The second kappa shape index (κ2) is 3.68. The van der Waals surface area contributed by atoms with Crippen LogP contribution in [0.5, 0.6) is 5.75 Å². The van der Waals surface area contributed by atoms with Gasteiger partial charge in [0.2, 0.25) is 0 Å². The van der Waals surface area contributed by atoms with Crippen molar-refractivity contribution in [3.63, 3.8) is 0 Å². The Morgan fingerprint density at radius 3 is 2.69 bits per heavy atom. The summed E-state index contributed by atoms with van der Waals surface area (Å²) < 4.78 is 0. The lowest BCUT2D eigenvalue weighted by Crippen LogP contribution is -2.26. The van der Waals surface area contributed by atoms with Crippen molar-refractivity contribution in [1.82, 2.24) is 5.32 Å². The lowest BCUT2D eigenvalue weighted by atomic mass is 9.96. The van der Waals surface area contributed by atoms with Gasteiger partial charge in [-0.25, -0.2) is 0 Å².